The van der Waals surface area contributed by atoms with Gasteiger partial charge in [0.25, 0.3) is 0 Å². The Labute approximate surface area is 165 Å². The number of carbonyl (C=O) groups is 1. The van der Waals surface area contributed by atoms with Crippen molar-refractivity contribution in [3.8, 4) is 5.75 Å². The number of carbonyl (C=O) groups excluding carboxylic acids is 1. The zero-order valence-corrected chi connectivity index (χ0v) is 15.9. The molecule has 0 N–H and O–H groups in total. The van der Waals surface area contributed by atoms with Crippen LogP contribution in [0.5, 0.6) is 5.75 Å². The SMILES string of the molecule is COc1ccc2cc(C(=O)/C=C/c3ccc(N4CCOCC4)cc3)ccc2c1. The molecule has 142 valence electrons. The molecule has 1 fully saturated rings. The van der Waals surface area contributed by atoms with E-state index in [1.54, 1.807) is 13.2 Å². The Morgan fingerprint density at radius 2 is 1.68 bits per heavy atom. The lowest BCUT2D eigenvalue weighted by molar-refractivity contribution is 0.104. The highest BCUT2D eigenvalue weighted by molar-refractivity contribution is 6.08. The minimum atomic E-state index is -0.00465. The van der Waals surface area contributed by atoms with Gasteiger partial charge >= 0.3 is 0 Å². The number of ketones is 1. The quantitative estimate of drug-likeness (QED) is 0.485. The van der Waals surface area contributed by atoms with Crippen molar-refractivity contribution in [2.24, 2.45) is 0 Å². The summed E-state index contributed by atoms with van der Waals surface area (Å²) in [6, 6.07) is 19.9. The van der Waals surface area contributed by atoms with Crippen LogP contribution < -0.4 is 9.64 Å². The molecule has 4 heteroatoms. The van der Waals surface area contributed by atoms with E-state index < -0.39 is 0 Å². The van der Waals surface area contributed by atoms with E-state index >= 15 is 0 Å². The molecule has 0 aromatic heterocycles. The molecule has 3 aromatic rings. The number of methoxy groups -OCH3 is 1. The van der Waals surface area contributed by atoms with Gasteiger partial charge in [-0.1, -0.05) is 36.4 Å². The number of rotatable bonds is 5. The maximum absolute atomic E-state index is 12.6. The van der Waals surface area contributed by atoms with Crippen LogP contribution in [0.2, 0.25) is 0 Å². The molecule has 0 amide bonds. The standard InChI is InChI=1S/C24H23NO3/c1-27-23-10-7-19-16-21(6-5-20(19)17-23)24(26)11-4-18-2-8-22(9-3-18)25-12-14-28-15-13-25/h2-11,16-17H,12-15H2,1H3/b11-4+. The fourth-order valence-corrected chi connectivity index (χ4v) is 3.39. The molecule has 0 unspecified atom stereocenters. The number of benzene rings is 3. The smallest absolute Gasteiger partial charge is 0.185 e. The molecule has 0 spiro atoms. The fourth-order valence-electron chi connectivity index (χ4n) is 3.39. The fraction of sp³-hybridized carbons (Fsp3) is 0.208. The van der Waals surface area contributed by atoms with Crippen LogP contribution in [-0.2, 0) is 4.74 Å². The number of ether oxygens (including phenoxy) is 2. The average molecular weight is 373 g/mol. The van der Waals surface area contributed by atoms with Gasteiger partial charge in [0, 0.05) is 24.3 Å². The summed E-state index contributed by atoms with van der Waals surface area (Å²) < 4.78 is 10.6. The molecule has 1 heterocycles. The summed E-state index contributed by atoms with van der Waals surface area (Å²) >= 11 is 0. The Morgan fingerprint density at radius 3 is 2.43 bits per heavy atom. The van der Waals surface area contributed by atoms with E-state index in [0.717, 1.165) is 48.4 Å². The minimum Gasteiger partial charge on any atom is -0.497 e. The molecule has 1 aliphatic rings. The predicted molar refractivity (Wildman–Crippen MR) is 113 cm³/mol. The monoisotopic (exact) mass is 373 g/mol. The maximum atomic E-state index is 12.6. The van der Waals surface area contributed by atoms with E-state index in [1.807, 2.05) is 54.6 Å². The number of fused-ring (bicyclic) bond motifs is 1. The van der Waals surface area contributed by atoms with Crippen LogP contribution >= 0.6 is 0 Å². The van der Waals surface area contributed by atoms with E-state index in [4.69, 9.17) is 9.47 Å². The van der Waals surface area contributed by atoms with Gasteiger partial charge < -0.3 is 14.4 Å². The van der Waals surface area contributed by atoms with Gasteiger partial charge in [-0.25, -0.2) is 0 Å². The lowest BCUT2D eigenvalue weighted by atomic mass is 10.0. The molecule has 0 bridgehead atoms. The summed E-state index contributed by atoms with van der Waals surface area (Å²) in [7, 11) is 1.65. The summed E-state index contributed by atoms with van der Waals surface area (Å²) in [6.07, 6.45) is 3.50. The van der Waals surface area contributed by atoms with Gasteiger partial charge in [-0.2, -0.15) is 0 Å². The third-order valence-corrected chi connectivity index (χ3v) is 5.03. The number of allylic oxidation sites excluding steroid dienone is 1. The molecule has 0 radical (unpaired) electrons. The Balaban J connectivity index is 1.46. The zero-order valence-electron chi connectivity index (χ0n) is 15.9. The van der Waals surface area contributed by atoms with Gasteiger partial charge in [0.1, 0.15) is 5.75 Å². The molecular formula is C24H23NO3. The first-order chi connectivity index (χ1) is 13.7. The molecule has 28 heavy (non-hydrogen) atoms. The second-order valence-electron chi connectivity index (χ2n) is 6.82. The van der Waals surface area contributed by atoms with Crippen molar-refractivity contribution in [2.75, 3.05) is 38.3 Å². The summed E-state index contributed by atoms with van der Waals surface area (Å²) in [5, 5.41) is 2.08. The molecule has 1 saturated heterocycles. The van der Waals surface area contributed by atoms with Crippen LogP contribution in [0, 0.1) is 0 Å². The van der Waals surface area contributed by atoms with Gasteiger partial charge in [-0.15, -0.1) is 0 Å². The average Bonchev–Trinajstić information content (AvgIpc) is 2.77. The molecule has 1 aliphatic heterocycles. The maximum Gasteiger partial charge on any atom is 0.185 e. The normalized spacial score (nSPS) is 14.5. The van der Waals surface area contributed by atoms with Crippen LogP contribution in [0.25, 0.3) is 16.8 Å². The predicted octanol–water partition coefficient (Wildman–Crippen LogP) is 4.58. The van der Waals surface area contributed by atoms with Crippen LogP contribution in [0.1, 0.15) is 15.9 Å². The van der Waals surface area contributed by atoms with Gasteiger partial charge in [-0.05, 0) is 52.7 Å². The van der Waals surface area contributed by atoms with E-state index in [2.05, 4.69) is 17.0 Å². The third kappa shape index (κ3) is 4.07. The van der Waals surface area contributed by atoms with Crippen LogP contribution in [0.4, 0.5) is 5.69 Å². The van der Waals surface area contributed by atoms with E-state index in [0.29, 0.717) is 5.56 Å². The zero-order chi connectivity index (χ0) is 19.3. The molecule has 0 saturated carbocycles. The van der Waals surface area contributed by atoms with Crippen molar-refractivity contribution in [3.63, 3.8) is 0 Å². The van der Waals surface area contributed by atoms with E-state index in [-0.39, 0.29) is 5.78 Å². The molecule has 0 atom stereocenters. The Bertz CT molecular complexity index is 1000. The van der Waals surface area contributed by atoms with Gasteiger partial charge in [-0.3, -0.25) is 4.79 Å². The van der Waals surface area contributed by atoms with Crippen molar-refractivity contribution in [1.82, 2.24) is 0 Å². The minimum absolute atomic E-state index is 0.00465. The van der Waals surface area contributed by atoms with Gasteiger partial charge in [0.05, 0.1) is 20.3 Å². The van der Waals surface area contributed by atoms with Crippen molar-refractivity contribution in [2.45, 2.75) is 0 Å². The molecule has 3 aromatic carbocycles. The Morgan fingerprint density at radius 1 is 0.964 bits per heavy atom. The number of nitrogens with zero attached hydrogens (tertiary/aromatic N) is 1. The third-order valence-electron chi connectivity index (χ3n) is 5.03. The first-order valence-corrected chi connectivity index (χ1v) is 9.46. The lowest BCUT2D eigenvalue weighted by Crippen LogP contribution is -2.36. The number of hydrogen-bond donors (Lipinski definition) is 0. The first-order valence-electron chi connectivity index (χ1n) is 9.46. The lowest BCUT2D eigenvalue weighted by Gasteiger charge is -2.28. The van der Waals surface area contributed by atoms with Crippen LogP contribution in [0.3, 0.4) is 0 Å². The van der Waals surface area contributed by atoms with E-state index in [9.17, 15) is 4.79 Å². The van der Waals surface area contributed by atoms with Crippen molar-refractivity contribution in [1.29, 1.82) is 0 Å². The molecule has 4 rings (SSSR count). The largest absolute Gasteiger partial charge is 0.497 e. The molecule has 0 aliphatic carbocycles. The van der Waals surface area contributed by atoms with Gasteiger partial charge in [0.2, 0.25) is 0 Å². The van der Waals surface area contributed by atoms with Crippen molar-refractivity contribution >= 4 is 28.3 Å². The second kappa shape index (κ2) is 8.28. The summed E-state index contributed by atoms with van der Waals surface area (Å²) in [5.74, 6) is 0.807. The number of hydrogen-bond acceptors (Lipinski definition) is 4. The van der Waals surface area contributed by atoms with Gasteiger partial charge in [0.15, 0.2) is 5.78 Å². The topological polar surface area (TPSA) is 38.8 Å². The molecule has 4 nitrogen and oxygen atoms in total. The highest BCUT2D eigenvalue weighted by Gasteiger charge is 2.10. The number of morpholine rings is 1. The van der Waals surface area contributed by atoms with Crippen molar-refractivity contribution in [3.05, 3.63) is 77.9 Å². The summed E-state index contributed by atoms with van der Waals surface area (Å²) in [4.78, 5) is 14.9. The Kier molecular flexibility index (Phi) is 5.40. The summed E-state index contributed by atoms with van der Waals surface area (Å²) in [5.41, 5.74) is 2.88. The van der Waals surface area contributed by atoms with E-state index in [1.165, 1.54) is 5.69 Å². The van der Waals surface area contributed by atoms with Crippen LogP contribution in [0.15, 0.2) is 66.7 Å². The first kappa shape index (κ1) is 18.3. The summed E-state index contributed by atoms with van der Waals surface area (Å²) in [6.45, 7) is 3.38. The Hall–Kier alpha value is -3.11. The number of anilines is 1. The highest BCUT2D eigenvalue weighted by Crippen LogP contribution is 2.22. The highest BCUT2D eigenvalue weighted by atomic mass is 16.5. The molecular weight excluding hydrogens is 350 g/mol. The van der Waals surface area contributed by atoms with Crippen molar-refractivity contribution < 1.29 is 14.3 Å². The van der Waals surface area contributed by atoms with Crippen LogP contribution in [-0.4, -0.2) is 39.2 Å². The second-order valence-corrected chi connectivity index (χ2v) is 6.82.